The second-order valence-electron chi connectivity index (χ2n) is 6.19. The van der Waals surface area contributed by atoms with Crippen molar-refractivity contribution in [3.8, 4) is 0 Å². The molecule has 0 heterocycles. The van der Waals surface area contributed by atoms with Gasteiger partial charge >= 0.3 is 0 Å². The molecule has 0 amide bonds. The van der Waals surface area contributed by atoms with Gasteiger partial charge in [-0.25, -0.2) is 0 Å². The molecule has 3 rings (SSSR count). The van der Waals surface area contributed by atoms with Gasteiger partial charge in [0.25, 0.3) is 0 Å². The van der Waals surface area contributed by atoms with Crippen LogP contribution in [0.4, 0.5) is 0 Å². The maximum Gasteiger partial charge on any atom is 0.0933 e. The van der Waals surface area contributed by atoms with E-state index in [4.69, 9.17) is 4.84 Å². The molecule has 104 valence electrons. The zero-order valence-corrected chi connectivity index (χ0v) is 12.1. The van der Waals surface area contributed by atoms with Gasteiger partial charge in [0.15, 0.2) is 0 Å². The summed E-state index contributed by atoms with van der Waals surface area (Å²) in [4.78, 5) is 5.75. The largest absolute Gasteiger partial charge is 0.296 e. The molecule has 0 saturated heterocycles. The number of hydroxylamine groups is 1. The Hall–Kier alpha value is -1.64. The minimum atomic E-state index is 0.181. The average molecular weight is 267 g/mol. The van der Waals surface area contributed by atoms with E-state index >= 15 is 0 Å². The number of benzene rings is 2. The molecule has 1 unspecified atom stereocenters. The molecule has 2 aromatic carbocycles. The highest BCUT2D eigenvalue weighted by atomic mass is 16.6. The minimum absolute atomic E-state index is 0.181. The maximum absolute atomic E-state index is 5.75. The van der Waals surface area contributed by atoms with Crippen LogP contribution >= 0.6 is 0 Å². The van der Waals surface area contributed by atoms with Crippen LogP contribution in [0, 0.1) is 5.41 Å². The molecule has 0 bridgehead atoms. The van der Waals surface area contributed by atoms with Gasteiger partial charge in [-0.2, -0.15) is 5.48 Å². The van der Waals surface area contributed by atoms with Crippen molar-refractivity contribution in [2.24, 2.45) is 5.41 Å². The molecule has 1 aliphatic rings. The van der Waals surface area contributed by atoms with E-state index in [-0.39, 0.29) is 11.5 Å². The third kappa shape index (κ3) is 2.62. The van der Waals surface area contributed by atoms with Crippen LogP contribution in [0.5, 0.6) is 0 Å². The molecular weight excluding hydrogens is 246 g/mol. The first-order valence-corrected chi connectivity index (χ1v) is 7.16. The van der Waals surface area contributed by atoms with Crippen molar-refractivity contribution in [1.29, 1.82) is 0 Å². The Bertz CT molecular complexity index is 577. The molecule has 1 aliphatic carbocycles. The van der Waals surface area contributed by atoms with Gasteiger partial charge in [0.2, 0.25) is 0 Å². The molecular formula is C18H21NO. The smallest absolute Gasteiger partial charge is 0.0933 e. The highest BCUT2D eigenvalue weighted by molar-refractivity contribution is 5.37. The number of nitrogens with one attached hydrogen (secondary N) is 1. The van der Waals surface area contributed by atoms with Crippen molar-refractivity contribution in [1.82, 2.24) is 5.48 Å². The predicted octanol–water partition coefficient (Wildman–Crippen LogP) is 4.03. The molecule has 0 radical (unpaired) electrons. The highest BCUT2D eigenvalue weighted by Gasteiger charge is 2.38. The van der Waals surface area contributed by atoms with Crippen LogP contribution in [0.2, 0.25) is 0 Å². The molecule has 2 nitrogen and oxygen atoms in total. The Kier molecular flexibility index (Phi) is 3.60. The van der Waals surface area contributed by atoms with E-state index in [0.29, 0.717) is 6.61 Å². The Balaban J connectivity index is 1.67. The molecule has 2 aromatic rings. The summed E-state index contributed by atoms with van der Waals surface area (Å²) in [5.41, 5.74) is 7.44. The molecule has 0 spiro atoms. The van der Waals surface area contributed by atoms with Gasteiger partial charge in [0.1, 0.15) is 0 Å². The second-order valence-corrected chi connectivity index (χ2v) is 6.19. The number of hydrogen-bond donors (Lipinski definition) is 1. The molecule has 1 atom stereocenters. The van der Waals surface area contributed by atoms with Gasteiger partial charge in [-0.15, -0.1) is 0 Å². The number of rotatable bonds is 4. The first kappa shape index (κ1) is 13.3. The Morgan fingerprint density at radius 1 is 1.05 bits per heavy atom. The fraction of sp³-hybridized carbons (Fsp3) is 0.333. The van der Waals surface area contributed by atoms with Crippen molar-refractivity contribution in [2.75, 3.05) is 0 Å². The summed E-state index contributed by atoms with van der Waals surface area (Å²) in [6.07, 6.45) is 1.09. The van der Waals surface area contributed by atoms with Crippen molar-refractivity contribution in [3.05, 3.63) is 71.3 Å². The van der Waals surface area contributed by atoms with E-state index in [1.807, 2.05) is 18.2 Å². The van der Waals surface area contributed by atoms with Crippen molar-refractivity contribution >= 4 is 0 Å². The van der Waals surface area contributed by atoms with Gasteiger partial charge in [0, 0.05) is 0 Å². The summed E-state index contributed by atoms with van der Waals surface area (Å²) in [6.45, 7) is 5.17. The van der Waals surface area contributed by atoms with Crippen LogP contribution in [0.1, 0.15) is 36.6 Å². The minimum Gasteiger partial charge on any atom is -0.296 e. The zero-order chi connectivity index (χ0) is 14.0. The lowest BCUT2D eigenvalue weighted by molar-refractivity contribution is -0.0223. The summed E-state index contributed by atoms with van der Waals surface area (Å²) in [6, 6.07) is 19.1. The van der Waals surface area contributed by atoms with Gasteiger partial charge in [-0.3, -0.25) is 4.84 Å². The van der Waals surface area contributed by atoms with E-state index in [1.165, 1.54) is 16.7 Å². The second kappa shape index (κ2) is 5.39. The molecule has 0 fully saturated rings. The van der Waals surface area contributed by atoms with E-state index in [0.717, 1.165) is 6.42 Å². The zero-order valence-electron chi connectivity index (χ0n) is 12.1. The lowest BCUT2D eigenvalue weighted by atomic mass is 9.86. The Labute approximate surface area is 120 Å². The van der Waals surface area contributed by atoms with Crippen molar-refractivity contribution in [3.63, 3.8) is 0 Å². The van der Waals surface area contributed by atoms with Crippen molar-refractivity contribution < 1.29 is 4.84 Å². The molecule has 1 N–H and O–H groups in total. The van der Waals surface area contributed by atoms with Gasteiger partial charge in [0.05, 0.1) is 12.6 Å². The summed E-state index contributed by atoms with van der Waals surface area (Å²) in [5.74, 6) is 0. The summed E-state index contributed by atoms with van der Waals surface area (Å²) < 4.78 is 0. The number of fused-ring (bicyclic) bond motifs is 1. The third-order valence-electron chi connectivity index (χ3n) is 4.08. The normalized spacial score (nSPS) is 19.8. The van der Waals surface area contributed by atoms with Crippen LogP contribution < -0.4 is 5.48 Å². The predicted molar refractivity (Wildman–Crippen MR) is 81.0 cm³/mol. The Morgan fingerprint density at radius 3 is 2.55 bits per heavy atom. The van der Waals surface area contributed by atoms with E-state index in [2.05, 4.69) is 55.7 Å². The van der Waals surface area contributed by atoms with Crippen LogP contribution in [-0.2, 0) is 17.9 Å². The summed E-state index contributed by atoms with van der Waals surface area (Å²) in [5, 5.41) is 0. The maximum atomic E-state index is 5.75. The summed E-state index contributed by atoms with van der Waals surface area (Å²) >= 11 is 0. The lowest BCUT2D eigenvalue weighted by Crippen LogP contribution is -2.31. The average Bonchev–Trinajstić information content (AvgIpc) is 2.71. The molecule has 0 saturated carbocycles. The molecule has 2 heteroatoms. The Morgan fingerprint density at radius 2 is 1.75 bits per heavy atom. The fourth-order valence-electron chi connectivity index (χ4n) is 3.00. The lowest BCUT2D eigenvalue weighted by Gasteiger charge is -2.28. The van der Waals surface area contributed by atoms with Crippen LogP contribution in [-0.4, -0.2) is 0 Å². The van der Waals surface area contributed by atoms with E-state index in [1.54, 1.807) is 0 Å². The first-order chi connectivity index (χ1) is 9.67. The van der Waals surface area contributed by atoms with Crippen LogP contribution in [0.3, 0.4) is 0 Å². The molecule has 0 aliphatic heterocycles. The van der Waals surface area contributed by atoms with Gasteiger partial charge in [-0.05, 0) is 28.5 Å². The fourth-order valence-corrected chi connectivity index (χ4v) is 3.00. The first-order valence-electron chi connectivity index (χ1n) is 7.16. The molecule has 0 aromatic heterocycles. The summed E-state index contributed by atoms with van der Waals surface area (Å²) in [7, 11) is 0. The monoisotopic (exact) mass is 267 g/mol. The third-order valence-corrected chi connectivity index (χ3v) is 4.08. The van der Waals surface area contributed by atoms with Crippen molar-refractivity contribution in [2.45, 2.75) is 32.9 Å². The van der Waals surface area contributed by atoms with E-state index in [9.17, 15) is 0 Å². The number of hydrogen-bond acceptors (Lipinski definition) is 2. The topological polar surface area (TPSA) is 21.3 Å². The molecule has 20 heavy (non-hydrogen) atoms. The quantitative estimate of drug-likeness (QED) is 0.844. The van der Waals surface area contributed by atoms with Crippen LogP contribution in [0.25, 0.3) is 0 Å². The van der Waals surface area contributed by atoms with Crippen LogP contribution in [0.15, 0.2) is 54.6 Å². The van der Waals surface area contributed by atoms with E-state index < -0.39 is 0 Å². The SMILES string of the molecule is CC1(C)Cc2ccccc2C1NOCc1ccccc1. The van der Waals surface area contributed by atoms with Gasteiger partial charge < -0.3 is 0 Å². The van der Waals surface area contributed by atoms with Gasteiger partial charge in [-0.1, -0.05) is 68.4 Å². The highest BCUT2D eigenvalue weighted by Crippen LogP contribution is 2.44. The standard InChI is InChI=1S/C18H21NO/c1-18(2)12-15-10-6-7-11-16(15)17(18)19-20-13-14-8-4-3-5-9-14/h3-11,17,19H,12-13H2,1-2H3.